The van der Waals surface area contributed by atoms with Gasteiger partial charge in [-0.05, 0) is 25.0 Å². The summed E-state index contributed by atoms with van der Waals surface area (Å²) in [5.41, 5.74) is 2.06. The number of anilines is 1. The number of nitrogens with zero attached hydrogens (tertiary/aromatic N) is 1. The minimum absolute atomic E-state index is 0.0146. The zero-order chi connectivity index (χ0) is 14.4. The van der Waals surface area contributed by atoms with Gasteiger partial charge in [-0.3, -0.25) is 10.1 Å². The normalized spacial score (nSPS) is 26.6. The van der Waals surface area contributed by atoms with E-state index in [1.54, 1.807) is 13.0 Å². The van der Waals surface area contributed by atoms with Crippen molar-refractivity contribution in [3.05, 3.63) is 45.5 Å². The van der Waals surface area contributed by atoms with E-state index >= 15 is 0 Å². The fourth-order valence-electron chi connectivity index (χ4n) is 3.25. The number of fused-ring (bicyclic) bond motifs is 3. The minimum Gasteiger partial charge on any atom is -0.480 e. The molecule has 0 saturated heterocycles. The maximum atomic E-state index is 11.4. The number of rotatable bonds is 2. The highest BCUT2D eigenvalue weighted by molar-refractivity contribution is 5.82. The van der Waals surface area contributed by atoms with Crippen molar-refractivity contribution in [3.8, 4) is 0 Å². The lowest BCUT2D eigenvalue weighted by molar-refractivity contribution is -0.385. The smallest absolute Gasteiger partial charge is 0.326 e. The third kappa shape index (κ3) is 1.68. The molecule has 1 aromatic carbocycles. The van der Waals surface area contributed by atoms with Gasteiger partial charge in [0.2, 0.25) is 0 Å². The average molecular weight is 274 g/mol. The van der Waals surface area contributed by atoms with Gasteiger partial charge in [-0.1, -0.05) is 12.2 Å². The lowest BCUT2D eigenvalue weighted by atomic mass is 9.78. The molecule has 3 atom stereocenters. The Morgan fingerprint density at radius 1 is 1.50 bits per heavy atom. The average Bonchev–Trinajstić information content (AvgIpc) is 2.86. The van der Waals surface area contributed by atoms with Crippen molar-refractivity contribution >= 4 is 17.3 Å². The van der Waals surface area contributed by atoms with E-state index in [2.05, 4.69) is 5.32 Å². The van der Waals surface area contributed by atoms with Gasteiger partial charge in [0.15, 0.2) is 0 Å². The van der Waals surface area contributed by atoms with Gasteiger partial charge in [0.25, 0.3) is 5.69 Å². The number of allylic oxidation sites excluding steroid dienone is 2. The summed E-state index contributed by atoms with van der Waals surface area (Å²) in [6, 6.07) is 2.53. The van der Waals surface area contributed by atoms with Crippen molar-refractivity contribution in [2.45, 2.75) is 25.3 Å². The molecule has 1 heterocycles. The standard InChI is InChI=1S/C14H14N2O4/c1-7-11(16(19)20)6-5-10-8-3-2-4-9(8)13(14(17)18)15-12(7)10/h2-3,5-6,8-9,13,15H,4H2,1H3,(H,17,18)/t8-,9-,13-/m0/s1. The zero-order valence-electron chi connectivity index (χ0n) is 10.9. The first-order valence-electron chi connectivity index (χ1n) is 6.44. The predicted molar refractivity (Wildman–Crippen MR) is 72.9 cm³/mol. The number of hydrogen-bond donors (Lipinski definition) is 2. The van der Waals surface area contributed by atoms with Crippen LogP contribution in [0.4, 0.5) is 11.4 Å². The molecule has 0 fully saturated rings. The molecule has 0 saturated carbocycles. The van der Waals surface area contributed by atoms with Crippen LogP contribution in [0, 0.1) is 23.0 Å². The maximum absolute atomic E-state index is 11.4. The van der Waals surface area contributed by atoms with E-state index in [0.717, 1.165) is 5.56 Å². The summed E-state index contributed by atoms with van der Waals surface area (Å²) in [5.74, 6) is -0.923. The maximum Gasteiger partial charge on any atom is 0.326 e. The van der Waals surface area contributed by atoms with Crippen LogP contribution in [0.2, 0.25) is 0 Å². The third-order valence-corrected chi connectivity index (χ3v) is 4.23. The molecule has 1 aliphatic carbocycles. The summed E-state index contributed by atoms with van der Waals surface area (Å²) >= 11 is 0. The summed E-state index contributed by atoms with van der Waals surface area (Å²) in [6.45, 7) is 1.65. The monoisotopic (exact) mass is 274 g/mol. The molecular weight excluding hydrogens is 260 g/mol. The molecular formula is C14H14N2O4. The molecule has 0 radical (unpaired) electrons. The molecule has 0 spiro atoms. The molecule has 6 heteroatoms. The first-order chi connectivity index (χ1) is 9.50. The quantitative estimate of drug-likeness (QED) is 0.491. The fraction of sp³-hybridized carbons (Fsp3) is 0.357. The van der Waals surface area contributed by atoms with Crippen molar-refractivity contribution in [3.63, 3.8) is 0 Å². The summed E-state index contributed by atoms with van der Waals surface area (Å²) in [5, 5.41) is 23.3. The second-order valence-electron chi connectivity index (χ2n) is 5.24. The van der Waals surface area contributed by atoms with Crippen LogP contribution in [0.25, 0.3) is 0 Å². The Balaban J connectivity index is 2.15. The summed E-state index contributed by atoms with van der Waals surface area (Å²) in [6.07, 6.45) is 4.70. The Morgan fingerprint density at radius 3 is 2.90 bits per heavy atom. The molecule has 2 N–H and O–H groups in total. The van der Waals surface area contributed by atoms with E-state index in [4.69, 9.17) is 0 Å². The first kappa shape index (κ1) is 12.7. The van der Waals surface area contributed by atoms with Gasteiger partial charge in [0, 0.05) is 23.6 Å². The number of carboxylic acids is 1. The molecule has 6 nitrogen and oxygen atoms in total. The highest BCUT2D eigenvalue weighted by Crippen LogP contribution is 2.47. The second kappa shape index (κ2) is 4.33. The predicted octanol–water partition coefficient (Wildman–Crippen LogP) is 2.44. The van der Waals surface area contributed by atoms with Gasteiger partial charge in [-0.2, -0.15) is 0 Å². The number of nitro benzene ring substituents is 1. The Bertz CT molecular complexity index is 638. The van der Waals surface area contributed by atoms with Crippen LogP contribution in [0.15, 0.2) is 24.3 Å². The van der Waals surface area contributed by atoms with Crippen LogP contribution in [0.3, 0.4) is 0 Å². The fourth-order valence-corrected chi connectivity index (χ4v) is 3.25. The van der Waals surface area contributed by atoms with E-state index in [1.165, 1.54) is 6.07 Å². The van der Waals surface area contributed by atoms with Crippen molar-refractivity contribution in [1.82, 2.24) is 0 Å². The Kier molecular flexibility index (Phi) is 2.74. The molecule has 0 unspecified atom stereocenters. The van der Waals surface area contributed by atoms with Gasteiger partial charge in [0.05, 0.1) is 10.5 Å². The molecule has 2 aliphatic rings. The Labute approximate surface area is 115 Å². The molecule has 0 bridgehead atoms. The van der Waals surface area contributed by atoms with E-state index < -0.39 is 16.9 Å². The number of nitro groups is 1. The highest BCUT2D eigenvalue weighted by atomic mass is 16.6. The van der Waals surface area contributed by atoms with Crippen molar-refractivity contribution in [2.75, 3.05) is 5.32 Å². The summed E-state index contributed by atoms with van der Waals surface area (Å²) in [7, 11) is 0. The van der Waals surface area contributed by atoms with Crippen LogP contribution < -0.4 is 5.32 Å². The van der Waals surface area contributed by atoms with Gasteiger partial charge < -0.3 is 10.4 Å². The molecule has 0 aromatic heterocycles. The van der Waals surface area contributed by atoms with Crippen LogP contribution in [-0.4, -0.2) is 22.0 Å². The number of nitrogens with one attached hydrogen (secondary N) is 1. The lowest BCUT2D eigenvalue weighted by Crippen LogP contribution is -2.42. The van der Waals surface area contributed by atoms with Gasteiger partial charge in [-0.15, -0.1) is 0 Å². The SMILES string of the molecule is Cc1c([N+](=O)[O-])ccc2c1N[C@H](C(=O)O)[C@H]1CC=C[C@H]21. The minimum atomic E-state index is -0.916. The van der Waals surface area contributed by atoms with Crippen LogP contribution in [0.1, 0.15) is 23.5 Å². The third-order valence-electron chi connectivity index (χ3n) is 4.23. The van der Waals surface area contributed by atoms with Crippen molar-refractivity contribution in [1.29, 1.82) is 0 Å². The van der Waals surface area contributed by atoms with E-state index in [1.807, 2.05) is 12.2 Å². The van der Waals surface area contributed by atoms with Crippen LogP contribution in [0.5, 0.6) is 0 Å². The van der Waals surface area contributed by atoms with E-state index in [0.29, 0.717) is 17.7 Å². The number of aliphatic carboxylic acids is 1. The summed E-state index contributed by atoms with van der Waals surface area (Å²) in [4.78, 5) is 22.0. The van der Waals surface area contributed by atoms with Gasteiger partial charge in [0.1, 0.15) is 6.04 Å². The Hall–Kier alpha value is -2.37. The summed E-state index contributed by atoms with van der Waals surface area (Å²) < 4.78 is 0. The molecule has 0 amide bonds. The molecule has 3 rings (SSSR count). The number of carboxylic acid groups (broad SMARTS) is 1. The number of benzene rings is 1. The Morgan fingerprint density at radius 2 is 2.25 bits per heavy atom. The largest absolute Gasteiger partial charge is 0.480 e. The molecule has 1 aromatic rings. The van der Waals surface area contributed by atoms with E-state index in [-0.39, 0.29) is 17.5 Å². The van der Waals surface area contributed by atoms with Crippen LogP contribution in [-0.2, 0) is 4.79 Å². The first-order valence-corrected chi connectivity index (χ1v) is 6.44. The molecule has 1 aliphatic heterocycles. The van der Waals surface area contributed by atoms with E-state index in [9.17, 15) is 20.0 Å². The lowest BCUT2D eigenvalue weighted by Gasteiger charge is -2.35. The van der Waals surface area contributed by atoms with Gasteiger partial charge in [-0.25, -0.2) is 4.79 Å². The van der Waals surface area contributed by atoms with Crippen molar-refractivity contribution < 1.29 is 14.8 Å². The van der Waals surface area contributed by atoms with Crippen molar-refractivity contribution in [2.24, 2.45) is 5.92 Å². The molecule has 20 heavy (non-hydrogen) atoms. The zero-order valence-corrected chi connectivity index (χ0v) is 10.9. The molecule has 104 valence electrons. The number of carbonyl (C=O) groups is 1. The highest BCUT2D eigenvalue weighted by Gasteiger charge is 2.42. The van der Waals surface area contributed by atoms with Gasteiger partial charge >= 0.3 is 5.97 Å². The topological polar surface area (TPSA) is 92.5 Å². The number of hydrogen-bond acceptors (Lipinski definition) is 4. The van der Waals surface area contributed by atoms with Crippen LogP contribution >= 0.6 is 0 Å². The second-order valence-corrected chi connectivity index (χ2v) is 5.24.